The first-order valence-corrected chi connectivity index (χ1v) is 6.07. The molecule has 0 bridgehead atoms. The minimum Gasteiger partial charge on any atom is -0.307 e. The van der Waals surface area contributed by atoms with Gasteiger partial charge in [0.05, 0.1) is 11.1 Å². The van der Waals surface area contributed by atoms with Crippen LogP contribution in [0.25, 0.3) is 5.65 Å². The number of rotatable bonds is 2. The normalized spacial score (nSPS) is 11.6. The number of hydrogen-bond acceptors (Lipinski definition) is 4. The number of carbonyl (C=O) groups excluding carboxylic acids is 1. The summed E-state index contributed by atoms with van der Waals surface area (Å²) in [5.41, 5.74) is -0.0904. The summed E-state index contributed by atoms with van der Waals surface area (Å²) < 4.78 is 39.4. The number of halogens is 3. The van der Waals surface area contributed by atoms with E-state index in [0.29, 0.717) is 5.65 Å². The predicted octanol–water partition coefficient (Wildman–Crippen LogP) is 2.40. The summed E-state index contributed by atoms with van der Waals surface area (Å²) >= 11 is 0. The average Bonchev–Trinajstić information content (AvgIpc) is 2.94. The van der Waals surface area contributed by atoms with Crippen molar-refractivity contribution in [1.82, 2.24) is 19.6 Å². The standard InChI is InChI=1S/C13H8F3N5O/c14-13(15,16)9-3-4-17-10(5-9)19-12(22)8-1-2-11-20-18-7-21(11)6-8/h1-7H,(H,17,19,22). The number of fused-ring (bicyclic) bond motifs is 1. The number of carbonyl (C=O) groups is 1. The lowest BCUT2D eigenvalue weighted by Crippen LogP contribution is -2.14. The summed E-state index contributed by atoms with van der Waals surface area (Å²) in [4.78, 5) is 15.8. The molecule has 0 saturated carbocycles. The molecule has 0 aliphatic rings. The first-order valence-electron chi connectivity index (χ1n) is 6.07. The molecule has 9 heteroatoms. The molecule has 22 heavy (non-hydrogen) atoms. The summed E-state index contributed by atoms with van der Waals surface area (Å²) in [5, 5.41) is 9.78. The van der Waals surface area contributed by atoms with Crippen LogP contribution in [0.4, 0.5) is 19.0 Å². The molecule has 0 fully saturated rings. The van der Waals surface area contributed by atoms with E-state index in [1.807, 2.05) is 0 Å². The third kappa shape index (κ3) is 2.73. The van der Waals surface area contributed by atoms with E-state index in [0.717, 1.165) is 18.3 Å². The zero-order chi connectivity index (χ0) is 15.7. The Bertz CT molecular complexity index is 843. The van der Waals surface area contributed by atoms with Crippen LogP contribution in [-0.2, 0) is 6.18 Å². The number of alkyl halides is 3. The highest BCUT2D eigenvalue weighted by Gasteiger charge is 2.30. The van der Waals surface area contributed by atoms with Crippen molar-refractivity contribution in [3.05, 3.63) is 54.1 Å². The van der Waals surface area contributed by atoms with Gasteiger partial charge >= 0.3 is 6.18 Å². The quantitative estimate of drug-likeness (QED) is 0.789. The molecule has 1 N–H and O–H groups in total. The topological polar surface area (TPSA) is 72.2 Å². The van der Waals surface area contributed by atoms with Crippen molar-refractivity contribution in [3.8, 4) is 0 Å². The van der Waals surface area contributed by atoms with Crippen molar-refractivity contribution in [2.75, 3.05) is 5.32 Å². The zero-order valence-corrected chi connectivity index (χ0v) is 10.9. The molecular weight excluding hydrogens is 299 g/mol. The van der Waals surface area contributed by atoms with Crippen LogP contribution in [0.5, 0.6) is 0 Å². The highest BCUT2D eigenvalue weighted by atomic mass is 19.4. The van der Waals surface area contributed by atoms with E-state index in [9.17, 15) is 18.0 Å². The zero-order valence-electron chi connectivity index (χ0n) is 10.9. The lowest BCUT2D eigenvalue weighted by molar-refractivity contribution is -0.137. The van der Waals surface area contributed by atoms with Gasteiger partial charge in [-0.1, -0.05) is 0 Å². The van der Waals surface area contributed by atoms with Gasteiger partial charge in [0.2, 0.25) is 0 Å². The van der Waals surface area contributed by atoms with E-state index < -0.39 is 17.6 Å². The van der Waals surface area contributed by atoms with Crippen LogP contribution in [-0.4, -0.2) is 25.5 Å². The van der Waals surface area contributed by atoms with Crippen LogP contribution in [0.2, 0.25) is 0 Å². The first-order chi connectivity index (χ1) is 10.4. The van der Waals surface area contributed by atoms with E-state index in [2.05, 4.69) is 20.5 Å². The summed E-state index contributed by atoms with van der Waals surface area (Å²) in [5.74, 6) is -0.758. The Balaban J connectivity index is 1.84. The Labute approximate surface area is 121 Å². The second-order valence-electron chi connectivity index (χ2n) is 4.40. The van der Waals surface area contributed by atoms with E-state index in [-0.39, 0.29) is 11.4 Å². The lowest BCUT2D eigenvalue weighted by Gasteiger charge is -2.09. The molecule has 0 radical (unpaired) electrons. The molecule has 0 aromatic carbocycles. The lowest BCUT2D eigenvalue weighted by atomic mass is 10.2. The molecule has 0 spiro atoms. The van der Waals surface area contributed by atoms with Gasteiger partial charge in [0.25, 0.3) is 5.91 Å². The largest absolute Gasteiger partial charge is 0.416 e. The monoisotopic (exact) mass is 307 g/mol. The maximum Gasteiger partial charge on any atom is 0.416 e. The van der Waals surface area contributed by atoms with Crippen LogP contribution in [0.3, 0.4) is 0 Å². The molecule has 6 nitrogen and oxygen atoms in total. The fourth-order valence-corrected chi connectivity index (χ4v) is 1.83. The van der Waals surface area contributed by atoms with Gasteiger partial charge in [0, 0.05) is 12.4 Å². The summed E-state index contributed by atoms with van der Waals surface area (Å²) in [6.45, 7) is 0. The Kier molecular flexibility index (Phi) is 3.24. The van der Waals surface area contributed by atoms with Crippen LogP contribution >= 0.6 is 0 Å². The molecule has 0 atom stereocenters. The number of hydrogen-bond donors (Lipinski definition) is 1. The van der Waals surface area contributed by atoms with Crippen molar-refractivity contribution in [2.24, 2.45) is 0 Å². The van der Waals surface area contributed by atoms with Gasteiger partial charge in [-0.3, -0.25) is 9.20 Å². The van der Waals surface area contributed by atoms with E-state index in [4.69, 9.17) is 0 Å². The van der Waals surface area contributed by atoms with E-state index >= 15 is 0 Å². The van der Waals surface area contributed by atoms with Gasteiger partial charge in [0.15, 0.2) is 5.65 Å². The number of nitrogens with one attached hydrogen (secondary N) is 1. The van der Waals surface area contributed by atoms with Gasteiger partial charge in [-0.15, -0.1) is 10.2 Å². The molecule has 1 amide bonds. The Morgan fingerprint density at radius 3 is 2.82 bits per heavy atom. The Morgan fingerprint density at radius 2 is 2.05 bits per heavy atom. The van der Waals surface area contributed by atoms with Gasteiger partial charge in [-0.25, -0.2) is 4.98 Å². The van der Waals surface area contributed by atoms with Gasteiger partial charge in [-0.2, -0.15) is 13.2 Å². The van der Waals surface area contributed by atoms with Gasteiger partial charge in [0.1, 0.15) is 12.1 Å². The predicted molar refractivity (Wildman–Crippen MR) is 70.2 cm³/mol. The fourth-order valence-electron chi connectivity index (χ4n) is 1.83. The van der Waals surface area contributed by atoms with Crippen molar-refractivity contribution in [3.63, 3.8) is 0 Å². The maximum absolute atomic E-state index is 12.6. The second kappa shape index (κ2) is 5.10. The van der Waals surface area contributed by atoms with Crippen molar-refractivity contribution < 1.29 is 18.0 Å². The van der Waals surface area contributed by atoms with Gasteiger partial charge in [-0.05, 0) is 24.3 Å². The average molecular weight is 307 g/mol. The van der Waals surface area contributed by atoms with Crippen molar-refractivity contribution in [2.45, 2.75) is 6.18 Å². The smallest absolute Gasteiger partial charge is 0.307 e. The van der Waals surface area contributed by atoms with E-state index in [1.165, 1.54) is 23.0 Å². The summed E-state index contributed by atoms with van der Waals surface area (Å²) in [6.07, 6.45) is -0.627. The highest BCUT2D eigenvalue weighted by Crippen LogP contribution is 2.29. The minimum atomic E-state index is -4.50. The molecule has 0 unspecified atom stereocenters. The molecule has 112 valence electrons. The SMILES string of the molecule is O=C(Nc1cc(C(F)(F)F)ccn1)c1ccc2nncn2c1. The highest BCUT2D eigenvalue weighted by molar-refractivity contribution is 6.03. The number of aromatic nitrogens is 4. The first kappa shape index (κ1) is 14.0. The van der Waals surface area contributed by atoms with Crippen LogP contribution < -0.4 is 5.32 Å². The van der Waals surface area contributed by atoms with Crippen LogP contribution in [0.15, 0.2) is 43.0 Å². The molecule has 3 aromatic rings. The Hall–Kier alpha value is -2.97. The fraction of sp³-hybridized carbons (Fsp3) is 0.0769. The molecule has 0 aliphatic heterocycles. The molecule has 3 rings (SSSR count). The van der Waals surface area contributed by atoms with Crippen LogP contribution in [0, 0.1) is 0 Å². The maximum atomic E-state index is 12.6. The summed E-state index contributed by atoms with van der Waals surface area (Å²) in [6, 6.07) is 4.67. The minimum absolute atomic E-state index is 0.177. The van der Waals surface area contributed by atoms with Crippen molar-refractivity contribution >= 4 is 17.4 Å². The van der Waals surface area contributed by atoms with Crippen LogP contribution in [0.1, 0.15) is 15.9 Å². The molecular formula is C13H8F3N5O. The number of nitrogens with zero attached hydrogens (tertiary/aromatic N) is 4. The summed E-state index contributed by atoms with van der Waals surface area (Å²) in [7, 11) is 0. The molecule has 0 saturated heterocycles. The number of amides is 1. The third-order valence-electron chi connectivity index (χ3n) is 2.88. The Morgan fingerprint density at radius 1 is 1.23 bits per heavy atom. The van der Waals surface area contributed by atoms with Gasteiger partial charge < -0.3 is 5.32 Å². The molecule has 3 heterocycles. The molecule has 0 aliphatic carbocycles. The number of anilines is 1. The van der Waals surface area contributed by atoms with E-state index in [1.54, 1.807) is 6.07 Å². The van der Waals surface area contributed by atoms with Crippen molar-refractivity contribution in [1.29, 1.82) is 0 Å². The third-order valence-corrected chi connectivity index (χ3v) is 2.88. The second-order valence-corrected chi connectivity index (χ2v) is 4.40. The molecule has 3 aromatic heterocycles. The number of pyridine rings is 2.